The van der Waals surface area contributed by atoms with Gasteiger partial charge in [-0.3, -0.25) is 14.2 Å². The van der Waals surface area contributed by atoms with Crippen molar-refractivity contribution in [2.45, 2.75) is 32.7 Å². The summed E-state index contributed by atoms with van der Waals surface area (Å²) in [5.74, 6) is -0.238. The van der Waals surface area contributed by atoms with Gasteiger partial charge in [-0.1, -0.05) is 31.6 Å². The number of carbonyl (C=O) groups is 1. The van der Waals surface area contributed by atoms with Crippen molar-refractivity contribution in [3.63, 3.8) is 0 Å². The summed E-state index contributed by atoms with van der Waals surface area (Å²) in [5, 5.41) is 3.37. The minimum atomic E-state index is -0.238. The lowest BCUT2D eigenvalue weighted by Crippen LogP contribution is -2.22. The zero-order chi connectivity index (χ0) is 20.1. The number of fused-ring (bicyclic) bond motifs is 1. The van der Waals surface area contributed by atoms with E-state index in [4.69, 9.17) is 12.2 Å². The second-order valence-electron chi connectivity index (χ2n) is 6.65. The third-order valence-electron chi connectivity index (χ3n) is 4.59. The molecule has 0 aliphatic rings. The minimum absolute atomic E-state index is 0.201. The van der Waals surface area contributed by atoms with Crippen LogP contribution in [-0.2, 0) is 13.0 Å². The zero-order valence-electron chi connectivity index (χ0n) is 15.8. The number of anilines is 1. The molecule has 6 heteroatoms. The summed E-state index contributed by atoms with van der Waals surface area (Å²) in [4.78, 5) is 28.2. The van der Waals surface area contributed by atoms with E-state index in [9.17, 15) is 9.59 Å². The van der Waals surface area contributed by atoms with E-state index in [0.29, 0.717) is 27.8 Å². The normalized spacial score (nSPS) is 10.8. The molecule has 5 nitrogen and oxygen atoms in total. The topological polar surface area (TPSA) is 66.9 Å². The Kier molecular flexibility index (Phi) is 6.21. The number of hydrogen-bond donors (Lipinski definition) is 2. The summed E-state index contributed by atoms with van der Waals surface area (Å²) < 4.78 is 1.74. The highest BCUT2D eigenvalue weighted by Gasteiger charge is 2.10. The Bertz CT molecular complexity index is 1130. The molecule has 0 saturated carbocycles. The Hall–Kier alpha value is -2.99. The first kappa shape index (κ1) is 19.8. The van der Waals surface area contributed by atoms with E-state index < -0.39 is 0 Å². The van der Waals surface area contributed by atoms with E-state index in [0.717, 1.165) is 24.9 Å². The van der Waals surface area contributed by atoms with Crippen LogP contribution in [0.5, 0.6) is 0 Å². The molecule has 144 valence electrons. The molecule has 3 rings (SSSR count). The van der Waals surface area contributed by atoms with Gasteiger partial charge in [-0.2, -0.15) is 0 Å². The summed E-state index contributed by atoms with van der Waals surface area (Å²) in [6, 6.07) is 12.8. The molecule has 0 fully saturated rings. The first-order chi connectivity index (χ1) is 13.5. The number of aromatic amines is 1. The molecule has 0 radical (unpaired) electrons. The number of allylic oxidation sites excluding steroid dienone is 1. The molecular weight excluding hydrogens is 370 g/mol. The summed E-state index contributed by atoms with van der Waals surface area (Å²) >= 11 is 5.25. The molecule has 0 spiro atoms. The number of rotatable bonds is 7. The van der Waals surface area contributed by atoms with E-state index in [-0.39, 0.29) is 11.5 Å². The molecule has 0 aliphatic heterocycles. The minimum Gasteiger partial charge on any atom is -0.332 e. The number of aryl methyl sites for hydroxylation is 1. The van der Waals surface area contributed by atoms with E-state index >= 15 is 0 Å². The standard InChI is InChI=1S/C22H23N3O2S/c1-3-5-6-15-7-10-17(11-8-15)23-20(26)16-9-12-18-19(14-16)24-22(28)25(13-4-2)21(18)27/h4,7-12,14H,2-3,5-6,13H2,1H3,(H,23,26)(H,24,28). The molecule has 0 unspecified atom stereocenters. The maximum Gasteiger partial charge on any atom is 0.262 e. The van der Waals surface area contributed by atoms with Crippen LogP contribution in [0.15, 0.2) is 59.9 Å². The number of H-pyrrole nitrogens is 1. The van der Waals surface area contributed by atoms with Crippen LogP contribution in [0.25, 0.3) is 10.9 Å². The first-order valence-corrected chi connectivity index (χ1v) is 9.72. The molecule has 2 aromatic carbocycles. The van der Waals surface area contributed by atoms with Crippen LogP contribution in [0.3, 0.4) is 0 Å². The smallest absolute Gasteiger partial charge is 0.262 e. The number of carbonyl (C=O) groups excluding carboxylic acids is 1. The third kappa shape index (κ3) is 4.28. The highest BCUT2D eigenvalue weighted by Crippen LogP contribution is 2.15. The number of hydrogen-bond acceptors (Lipinski definition) is 3. The average Bonchev–Trinajstić information content (AvgIpc) is 2.70. The van der Waals surface area contributed by atoms with Crippen molar-refractivity contribution in [2.75, 3.05) is 5.32 Å². The second kappa shape index (κ2) is 8.80. The van der Waals surface area contributed by atoms with E-state index in [1.54, 1.807) is 24.3 Å². The number of nitrogens with one attached hydrogen (secondary N) is 2. The highest BCUT2D eigenvalue weighted by atomic mass is 32.1. The number of unbranched alkanes of at least 4 members (excludes halogenated alkanes) is 1. The van der Waals surface area contributed by atoms with Gasteiger partial charge in [-0.05, 0) is 61.0 Å². The second-order valence-corrected chi connectivity index (χ2v) is 7.04. The van der Waals surface area contributed by atoms with Crippen LogP contribution in [-0.4, -0.2) is 15.5 Å². The van der Waals surface area contributed by atoms with Crippen molar-refractivity contribution in [2.24, 2.45) is 0 Å². The molecule has 0 saturated heterocycles. The van der Waals surface area contributed by atoms with Gasteiger partial charge in [0.1, 0.15) is 0 Å². The van der Waals surface area contributed by atoms with Crippen molar-refractivity contribution >= 4 is 34.7 Å². The fourth-order valence-electron chi connectivity index (χ4n) is 3.03. The number of nitrogens with zero attached hydrogens (tertiary/aromatic N) is 1. The molecule has 1 aromatic heterocycles. The van der Waals surface area contributed by atoms with Crippen LogP contribution in [0.1, 0.15) is 35.7 Å². The Morgan fingerprint density at radius 3 is 2.68 bits per heavy atom. The van der Waals surface area contributed by atoms with Crippen LogP contribution in [0.4, 0.5) is 5.69 Å². The zero-order valence-corrected chi connectivity index (χ0v) is 16.6. The lowest BCUT2D eigenvalue weighted by Gasteiger charge is -2.09. The maximum absolute atomic E-state index is 12.6. The molecule has 0 aliphatic carbocycles. The molecule has 0 bridgehead atoms. The number of amides is 1. The Morgan fingerprint density at radius 1 is 1.25 bits per heavy atom. The van der Waals surface area contributed by atoms with Gasteiger partial charge in [-0.15, -0.1) is 6.58 Å². The maximum atomic E-state index is 12.6. The predicted octanol–water partition coefficient (Wildman–Crippen LogP) is 4.84. The van der Waals surface area contributed by atoms with Gasteiger partial charge < -0.3 is 10.3 Å². The van der Waals surface area contributed by atoms with Crippen molar-refractivity contribution in [1.82, 2.24) is 9.55 Å². The van der Waals surface area contributed by atoms with Gasteiger partial charge >= 0.3 is 0 Å². The van der Waals surface area contributed by atoms with Crippen molar-refractivity contribution in [3.8, 4) is 0 Å². The molecule has 0 atom stereocenters. The number of benzene rings is 2. The average molecular weight is 394 g/mol. The summed E-state index contributed by atoms with van der Waals surface area (Å²) in [5.41, 5.74) is 2.79. The molecule has 1 heterocycles. The van der Waals surface area contributed by atoms with Crippen molar-refractivity contribution in [1.29, 1.82) is 0 Å². The van der Waals surface area contributed by atoms with Gasteiger partial charge in [0.15, 0.2) is 4.77 Å². The Labute approximate surface area is 168 Å². The molecule has 1 amide bonds. The van der Waals surface area contributed by atoms with Gasteiger partial charge in [0.25, 0.3) is 11.5 Å². The lowest BCUT2D eigenvalue weighted by atomic mass is 10.1. The summed E-state index contributed by atoms with van der Waals surface area (Å²) in [6.45, 7) is 6.14. The van der Waals surface area contributed by atoms with Crippen molar-refractivity contribution in [3.05, 3.63) is 81.4 Å². The largest absolute Gasteiger partial charge is 0.332 e. The Morgan fingerprint density at radius 2 is 2.00 bits per heavy atom. The van der Waals surface area contributed by atoms with E-state index in [1.807, 2.05) is 24.3 Å². The van der Waals surface area contributed by atoms with Gasteiger partial charge in [0.05, 0.1) is 10.9 Å². The Balaban J connectivity index is 1.84. The van der Waals surface area contributed by atoms with Crippen LogP contribution in [0.2, 0.25) is 0 Å². The highest BCUT2D eigenvalue weighted by molar-refractivity contribution is 7.71. The fraction of sp³-hybridized carbons (Fsp3) is 0.227. The fourth-order valence-corrected chi connectivity index (χ4v) is 3.30. The molecular formula is C22H23N3O2S. The molecule has 2 N–H and O–H groups in total. The van der Waals surface area contributed by atoms with Gasteiger partial charge in [-0.25, -0.2) is 0 Å². The summed E-state index contributed by atoms with van der Waals surface area (Å²) in [6.07, 6.45) is 4.96. The predicted molar refractivity (Wildman–Crippen MR) is 117 cm³/mol. The quantitative estimate of drug-likeness (QED) is 0.446. The van der Waals surface area contributed by atoms with Crippen LogP contribution in [0, 0.1) is 4.77 Å². The molecule has 3 aromatic rings. The lowest BCUT2D eigenvalue weighted by molar-refractivity contribution is 0.102. The summed E-state index contributed by atoms with van der Waals surface area (Å²) in [7, 11) is 0. The third-order valence-corrected chi connectivity index (χ3v) is 4.91. The van der Waals surface area contributed by atoms with Gasteiger partial charge in [0.2, 0.25) is 0 Å². The first-order valence-electron chi connectivity index (χ1n) is 9.31. The molecule has 28 heavy (non-hydrogen) atoms. The monoisotopic (exact) mass is 393 g/mol. The SMILES string of the molecule is C=CCn1c(=S)[nH]c2cc(C(=O)Nc3ccc(CCCC)cc3)ccc2c1=O. The van der Waals surface area contributed by atoms with Gasteiger partial charge in [0, 0.05) is 17.8 Å². The van der Waals surface area contributed by atoms with E-state index in [1.165, 1.54) is 10.1 Å². The van der Waals surface area contributed by atoms with Crippen LogP contribution < -0.4 is 10.9 Å². The van der Waals surface area contributed by atoms with Crippen molar-refractivity contribution < 1.29 is 4.79 Å². The number of aromatic nitrogens is 2. The van der Waals surface area contributed by atoms with Crippen LogP contribution >= 0.6 is 12.2 Å². The van der Waals surface area contributed by atoms with E-state index in [2.05, 4.69) is 23.8 Å².